The van der Waals surface area contributed by atoms with Crippen molar-refractivity contribution < 1.29 is 42.7 Å². The van der Waals surface area contributed by atoms with Gasteiger partial charge in [-0.05, 0) is 61.0 Å². The predicted octanol–water partition coefficient (Wildman–Crippen LogP) is 3.33. The van der Waals surface area contributed by atoms with Crippen LogP contribution in [0.5, 0.6) is 0 Å². The van der Waals surface area contributed by atoms with E-state index in [9.17, 15) is 4.79 Å². The molecule has 7 atom stereocenters. The fourth-order valence-corrected chi connectivity index (χ4v) is 8.35. The van der Waals surface area contributed by atoms with E-state index in [1.54, 1.807) is 0 Å². The Labute approximate surface area is 225 Å². The van der Waals surface area contributed by atoms with Crippen LogP contribution in [-0.2, 0) is 39.6 Å². The number of hydrogen-bond acceptors (Lipinski definition) is 9. The van der Waals surface area contributed by atoms with Gasteiger partial charge in [-0.2, -0.15) is 0 Å². The lowest BCUT2D eigenvalue weighted by atomic mass is 9.41. The molecule has 1 saturated heterocycles. The number of rotatable bonds is 13. The van der Waals surface area contributed by atoms with Crippen molar-refractivity contribution in [2.75, 3.05) is 66.6 Å². The summed E-state index contributed by atoms with van der Waals surface area (Å²) < 4.78 is 40.8. The molecule has 38 heavy (non-hydrogen) atoms. The lowest BCUT2D eigenvalue weighted by Gasteiger charge is -2.66. The molecule has 9 nitrogen and oxygen atoms in total. The van der Waals surface area contributed by atoms with E-state index in [4.69, 9.17) is 37.9 Å². The van der Waals surface area contributed by atoms with E-state index in [0.29, 0.717) is 70.6 Å². The first-order valence-corrected chi connectivity index (χ1v) is 14.3. The number of ether oxygens (including phenoxy) is 6. The first-order chi connectivity index (χ1) is 18.6. The van der Waals surface area contributed by atoms with E-state index in [2.05, 4.69) is 13.0 Å². The maximum Gasteiger partial charge on any atom is 0.314 e. The van der Waals surface area contributed by atoms with Crippen molar-refractivity contribution in [2.24, 2.45) is 28.6 Å². The average Bonchev–Trinajstić information content (AvgIpc) is 3.41. The third kappa shape index (κ3) is 4.95. The molecular weight excluding hydrogens is 492 g/mol. The van der Waals surface area contributed by atoms with Gasteiger partial charge >= 0.3 is 5.97 Å². The summed E-state index contributed by atoms with van der Waals surface area (Å²) in [5.41, 5.74) is 0.476. The average molecular weight is 537 g/mol. The number of fused-ring (bicyclic) bond motifs is 2. The van der Waals surface area contributed by atoms with E-state index in [1.165, 1.54) is 12.7 Å². The number of hydrogen-bond donors (Lipinski definition) is 1. The number of aliphatic hydroxyl groups is 1. The quantitative estimate of drug-likeness (QED) is 0.300. The second-order valence-corrected chi connectivity index (χ2v) is 11.4. The predicted molar refractivity (Wildman–Crippen MR) is 136 cm³/mol. The second-order valence-electron chi connectivity index (χ2n) is 11.4. The SMILES string of the molecule is COC(=O)[C@@]12CCCC3([C@H](OCCOCCOCCOCCO)OC1)[C@H]2CC[C@H]1[C@@H](C)c2ccoc2C[C@@H]13. The molecule has 3 aliphatic carbocycles. The van der Waals surface area contributed by atoms with Crippen LogP contribution in [0.3, 0.4) is 0 Å². The van der Waals surface area contributed by atoms with Gasteiger partial charge in [-0.15, -0.1) is 0 Å². The normalized spacial score (nSPS) is 35.7. The Hall–Kier alpha value is -1.49. The molecule has 9 heteroatoms. The van der Waals surface area contributed by atoms with Gasteiger partial charge in [0.2, 0.25) is 0 Å². The summed E-state index contributed by atoms with van der Waals surface area (Å²) in [4.78, 5) is 13.3. The Morgan fingerprint density at radius 1 is 1.05 bits per heavy atom. The van der Waals surface area contributed by atoms with Crippen LogP contribution in [0, 0.1) is 28.6 Å². The van der Waals surface area contributed by atoms with Crippen LogP contribution in [0.2, 0.25) is 0 Å². The van der Waals surface area contributed by atoms with Gasteiger partial charge < -0.3 is 37.9 Å². The summed E-state index contributed by atoms with van der Waals surface area (Å²) in [6.07, 6.45) is 7.16. The number of esters is 1. The molecule has 0 spiro atoms. The van der Waals surface area contributed by atoms with Crippen LogP contribution < -0.4 is 0 Å². The Morgan fingerprint density at radius 2 is 1.79 bits per heavy atom. The van der Waals surface area contributed by atoms with E-state index >= 15 is 0 Å². The Morgan fingerprint density at radius 3 is 2.53 bits per heavy atom. The first-order valence-electron chi connectivity index (χ1n) is 14.3. The third-order valence-corrected chi connectivity index (χ3v) is 9.86. The van der Waals surface area contributed by atoms with Gasteiger partial charge in [-0.3, -0.25) is 4.79 Å². The minimum atomic E-state index is -0.598. The van der Waals surface area contributed by atoms with Crippen LogP contribution in [-0.4, -0.2) is 83.9 Å². The van der Waals surface area contributed by atoms with E-state index in [0.717, 1.165) is 44.3 Å². The Kier molecular flexibility index (Phi) is 9.12. The van der Waals surface area contributed by atoms with Crippen molar-refractivity contribution in [3.05, 3.63) is 23.7 Å². The molecule has 0 amide bonds. The van der Waals surface area contributed by atoms with Gasteiger partial charge in [0, 0.05) is 11.8 Å². The molecule has 0 aromatic carbocycles. The summed E-state index contributed by atoms with van der Waals surface area (Å²) >= 11 is 0. The van der Waals surface area contributed by atoms with Crippen LogP contribution >= 0.6 is 0 Å². The van der Waals surface area contributed by atoms with Crippen molar-refractivity contribution in [3.8, 4) is 0 Å². The minimum Gasteiger partial charge on any atom is -0.469 e. The second kappa shape index (κ2) is 12.4. The molecule has 1 N–H and O–H groups in total. The van der Waals surface area contributed by atoms with Gasteiger partial charge in [0.25, 0.3) is 0 Å². The zero-order chi connectivity index (χ0) is 26.6. The lowest BCUT2D eigenvalue weighted by Crippen LogP contribution is -2.68. The fraction of sp³-hybridized carbons (Fsp3) is 0.828. The highest BCUT2D eigenvalue weighted by molar-refractivity contribution is 5.78. The first kappa shape index (κ1) is 28.1. The molecule has 2 bridgehead atoms. The number of methoxy groups -OCH3 is 1. The summed E-state index contributed by atoms with van der Waals surface area (Å²) in [6.45, 7) is 5.76. The summed E-state index contributed by atoms with van der Waals surface area (Å²) in [5.74, 6) is 2.36. The molecule has 3 fully saturated rings. The van der Waals surface area contributed by atoms with Crippen molar-refractivity contribution >= 4 is 5.97 Å². The summed E-state index contributed by atoms with van der Waals surface area (Å²) in [6, 6.07) is 2.13. The minimum absolute atomic E-state index is 0.0177. The number of carbonyl (C=O) groups is 1. The van der Waals surface area contributed by atoms with Crippen molar-refractivity contribution in [1.82, 2.24) is 0 Å². The molecule has 4 aliphatic rings. The number of aliphatic hydroxyl groups excluding tert-OH is 1. The Balaban J connectivity index is 1.25. The highest BCUT2D eigenvalue weighted by atomic mass is 16.7. The van der Waals surface area contributed by atoms with Crippen molar-refractivity contribution in [3.63, 3.8) is 0 Å². The number of furan rings is 1. The highest BCUT2D eigenvalue weighted by Gasteiger charge is 2.70. The zero-order valence-electron chi connectivity index (χ0n) is 22.9. The molecular formula is C29H44O9. The molecule has 1 unspecified atom stereocenters. The maximum atomic E-state index is 13.3. The van der Waals surface area contributed by atoms with E-state index in [-0.39, 0.29) is 30.2 Å². The lowest BCUT2D eigenvalue weighted by molar-refractivity contribution is -0.333. The molecule has 1 aromatic heterocycles. The molecule has 1 aromatic rings. The van der Waals surface area contributed by atoms with Crippen LogP contribution in [0.1, 0.15) is 56.3 Å². The highest BCUT2D eigenvalue weighted by Crippen LogP contribution is 2.69. The van der Waals surface area contributed by atoms with E-state index in [1.807, 2.05) is 6.26 Å². The largest absolute Gasteiger partial charge is 0.469 e. The van der Waals surface area contributed by atoms with Gasteiger partial charge in [0.1, 0.15) is 5.76 Å². The monoisotopic (exact) mass is 536 g/mol. The maximum absolute atomic E-state index is 13.3. The van der Waals surface area contributed by atoms with Crippen molar-refractivity contribution in [1.29, 1.82) is 0 Å². The van der Waals surface area contributed by atoms with Gasteiger partial charge in [-0.25, -0.2) is 0 Å². The molecule has 1 aliphatic heterocycles. The smallest absolute Gasteiger partial charge is 0.314 e. The van der Waals surface area contributed by atoms with Crippen LogP contribution in [0.25, 0.3) is 0 Å². The molecule has 2 heterocycles. The molecule has 2 saturated carbocycles. The topological polar surface area (TPSA) is 106 Å². The number of carbonyl (C=O) groups excluding carboxylic acids is 1. The molecule has 0 radical (unpaired) electrons. The van der Waals surface area contributed by atoms with Crippen LogP contribution in [0.15, 0.2) is 16.7 Å². The van der Waals surface area contributed by atoms with E-state index < -0.39 is 5.41 Å². The summed E-state index contributed by atoms with van der Waals surface area (Å²) in [5, 5.41) is 8.71. The standard InChI is InChI=1S/C29H44O9/c1-20-21-4-5-25-28(26(31)32-2)7-3-8-29(25,23(21)18-24-22(20)6-10-36-24)27(38-19-28)37-17-16-35-15-14-34-13-12-33-11-9-30/h6,10,20-21,23,25,27,30H,3-5,7-9,11-19H2,1-2H3/t20-,21+,23+,25+,27-,28+,29?/m1/s1. The van der Waals surface area contributed by atoms with Gasteiger partial charge in [-0.1, -0.05) is 13.3 Å². The third-order valence-electron chi connectivity index (χ3n) is 9.86. The summed E-state index contributed by atoms with van der Waals surface area (Å²) in [7, 11) is 1.50. The van der Waals surface area contributed by atoms with Gasteiger partial charge in [0.05, 0.1) is 78.2 Å². The Bertz CT molecular complexity index is 918. The fourth-order valence-electron chi connectivity index (χ4n) is 8.35. The van der Waals surface area contributed by atoms with Crippen LogP contribution in [0.4, 0.5) is 0 Å². The van der Waals surface area contributed by atoms with Gasteiger partial charge in [0.15, 0.2) is 6.29 Å². The molecule has 214 valence electrons. The van der Waals surface area contributed by atoms with Crippen molar-refractivity contribution in [2.45, 2.75) is 57.7 Å². The zero-order valence-corrected chi connectivity index (χ0v) is 22.9. The molecule has 5 rings (SSSR count).